The molecular weight excluding hydrogens is 372 g/mol. The summed E-state index contributed by atoms with van der Waals surface area (Å²) in [6, 6.07) is 16.4. The smallest absolute Gasteiger partial charge is 0.326 e. The van der Waals surface area contributed by atoms with E-state index in [1.54, 1.807) is 17.0 Å². The molecule has 5 nitrogen and oxygen atoms in total. The normalized spacial score (nSPS) is 14.3. The van der Waals surface area contributed by atoms with Gasteiger partial charge < -0.3 is 10.4 Å². The molecule has 1 amide bonds. The first-order chi connectivity index (χ1) is 13.6. The first-order valence-corrected chi connectivity index (χ1v) is 9.68. The zero-order chi connectivity index (χ0) is 19.9. The molecule has 0 saturated heterocycles. The zero-order valence-electron chi connectivity index (χ0n) is 15.3. The van der Waals surface area contributed by atoms with Crippen LogP contribution in [0.4, 0.5) is 0 Å². The van der Waals surface area contributed by atoms with Crippen LogP contribution in [0.1, 0.15) is 16.8 Å². The summed E-state index contributed by atoms with van der Waals surface area (Å²) in [6.07, 6.45) is 5.75. The Kier molecular flexibility index (Phi) is 6.55. The van der Waals surface area contributed by atoms with Crippen LogP contribution in [0, 0.1) is 0 Å². The van der Waals surface area contributed by atoms with Gasteiger partial charge >= 0.3 is 5.97 Å². The molecule has 28 heavy (non-hydrogen) atoms. The van der Waals surface area contributed by atoms with E-state index in [2.05, 4.69) is 17.9 Å². The van der Waals surface area contributed by atoms with Gasteiger partial charge in [-0.15, -0.1) is 0 Å². The van der Waals surface area contributed by atoms with Gasteiger partial charge in [-0.1, -0.05) is 60.7 Å². The lowest BCUT2D eigenvalue weighted by atomic mass is 9.98. The quantitative estimate of drug-likeness (QED) is 0.628. The van der Waals surface area contributed by atoms with Gasteiger partial charge in [0.25, 0.3) is 5.91 Å². The molecule has 0 saturated carbocycles. The zero-order valence-corrected chi connectivity index (χ0v) is 16.2. The number of benzene rings is 2. The number of thiol groups is 1. The molecule has 0 fully saturated rings. The molecule has 144 valence electrons. The predicted octanol–water partition coefficient (Wildman–Crippen LogP) is 3.57. The topological polar surface area (TPSA) is 69.6 Å². The highest BCUT2D eigenvalue weighted by atomic mass is 32.1. The molecule has 0 aliphatic carbocycles. The van der Waals surface area contributed by atoms with Crippen molar-refractivity contribution >= 4 is 24.5 Å². The summed E-state index contributed by atoms with van der Waals surface area (Å²) in [5.74, 6) is -0.249. The maximum atomic E-state index is 13.4. The van der Waals surface area contributed by atoms with E-state index in [1.165, 1.54) is 0 Å². The number of carboxylic acids is 1. The van der Waals surface area contributed by atoms with E-state index < -0.39 is 12.0 Å². The fourth-order valence-corrected chi connectivity index (χ4v) is 3.34. The monoisotopic (exact) mass is 394 g/mol. The van der Waals surface area contributed by atoms with Crippen LogP contribution in [0.2, 0.25) is 0 Å². The minimum Gasteiger partial charge on any atom is -0.480 e. The molecule has 1 aliphatic heterocycles. The molecule has 0 aromatic heterocycles. The molecule has 1 heterocycles. The Morgan fingerprint density at radius 2 is 1.82 bits per heavy atom. The number of rotatable bonds is 7. The fourth-order valence-electron chi connectivity index (χ4n) is 3.08. The van der Waals surface area contributed by atoms with E-state index in [0.29, 0.717) is 30.1 Å². The standard InChI is InChI=1S/C22H22N2O3S/c25-21(18-11-5-4-10-17(18)16-8-2-1-3-9-16)24-14-7-6-12-20(24)23-19(13-15-28)22(26)27/h1-12,19,23,28H,13-15H2,(H,26,27)/t19-/m0/s1. The summed E-state index contributed by atoms with van der Waals surface area (Å²) < 4.78 is 0. The number of carbonyl (C=O) groups excluding carboxylic acids is 1. The van der Waals surface area contributed by atoms with Gasteiger partial charge in [-0.2, -0.15) is 12.6 Å². The maximum absolute atomic E-state index is 13.4. The molecule has 2 N–H and O–H groups in total. The highest BCUT2D eigenvalue weighted by Crippen LogP contribution is 2.26. The van der Waals surface area contributed by atoms with Crippen molar-refractivity contribution in [2.24, 2.45) is 0 Å². The third kappa shape index (κ3) is 4.46. The van der Waals surface area contributed by atoms with Gasteiger partial charge in [-0.05, 0) is 35.4 Å². The number of allylic oxidation sites excluding steroid dienone is 2. The first-order valence-electron chi connectivity index (χ1n) is 9.05. The summed E-state index contributed by atoms with van der Waals surface area (Å²) in [7, 11) is 0. The second kappa shape index (κ2) is 9.28. The van der Waals surface area contributed by atoms with Gasteiger partial charge in [-0.25, -0.2) is 4.79 Å². The first kappa shape index (κ1) is 19.8. The van der Waals surface area contributed by atoms with Gasteiger partial charge in [0.05, 0.1) is 0 Å². The average molecular weight is 394 g/mol. The number of hydrogen-bond acceptors (Lipinski definition) is 4. The molecule has 1 atom stereocenters. The van der Waals surface area contributed by atoms with Crippen LogP contribution in [0.15, 0.2) is 78.6 Å². The Morgan fingerprint density at radius 1 is 1.11 bits per heavy atom. The number of carboxylic acid groups (broad SMARTS) is 1. The summed E-state index contributed by atoms with van der Waals surface area (Å²) in [5, 5.41) is 12.4. The summed E-state index contributed by atoms with van der Waals surface area (Å²) in [4.78, 5) is 26.4. The van der Waals surface area contributed by atoms with Crippen molar-refractivity contribution in [3.05, 3.63) is 84.2 Å². The summed E-state index contributed by atoms with van der Waals surface area (Å²) in [6.45, 7) is 0.369. The second-order valence-corrected chi connectivity index (χ2v) is 6.80. The molecule has 0 bridgehead atoms. The van der Waals surface area contributed by atoms with Gasteiger partial charge in [-0.3, -0.25) is 9.69 Å². The lowest BCUT2D eigenvalue weighted by Gasteiger charge is -2.30. The SMILES string of the molecule is O=C(O)[C@H](CCS)NC1=CC=CCN1C(=O)c1ccccc1-c1ccccc1. The van der Waals surface area contributed by atoms with Crippen LogP contribution < -0.4 is 5.32 Å². The van der Waals surface area contributed by atoms with Crippen LogP contribution in [0.5, 0.6) is 0 Å². The van der Waals surface area contributed by atoms with Gasteiger partial charge in [0.2, 0.25) is 0 Å². The van der Waals surface area contributed by atoms with Crippen molar-refractivity contribution in [3.63, 3.8) is 0 Å². The number of nitrogens with zero attached hydrogens (tertiary/aromatic N) is 1. The highest BCUT2D eigenvalue weighted by Gasteiger charge is 2.26. The van der Waals surface area contributed by atoms with Crippen molar-refractivity contribution in [3.8, 4) is 11.1 Å². The van der Waals surface area contributed by atoms with Gasteiger partial charge in [0, 0.05) is 12.1 Å². The van der Waals surface area contributed by atoms with E-state index in [9.17, 15) is 14.7 Å². The minimum atomic E-state index is -0.971. The fraction of sp³-hybridized carbons (Fsp3) is 0.182. The van der Waals surface area contributed by atoms with Crippen molar-refractivity contribution in [1.82, 2.24) is 10.2 Å². The van der Waals surface area contributed by atoms with Crippen LogP contribution >= 0.6 is 12.6 Å². The predicted molar refractivity (Wildman–Crippen MR) is 113 cm³/mol. The second-order valence-electron chi connectivity index (χ2n) is 6.35. The van der Waals surface area contributed by atoms with Crippen LogP contribution in [0.3, 0.4) is 0 Å². The van der Waals surface area contributed by atoms with E-state index in [-0.39, 0.29) is 5.91 Å². The van der Waals surface area contributed by atoms with Gasteiger partial charge in [0.15, 0.2) is 0 Å². The van der Waals surface area contributed by atoms with Gasteiger partial charge in [0.1, 0.15) is 11.9 Å². The lowest BCUT2D eigenvalue weighted by Crippen LogP contribution is -2.45. The molecule has 2 aromatic carbocycles. The number of hydrogen-bond donors (Lipinski definition) is 3. The number of amides is 1. The number of nitrogens with one attached hydrogen (secondary N) is 1. The Hall–Kier alpha value is -2.99. The minimum absolute atomic E-state index is 0.183. The molecule has 6 heteroatoms. The Morgan fingerprint density at radius 3 is 2.54 bits per heavy atom. The van der Waals surface area contributed by atoms with Crippen molar-refractivity contribution < 1.29 is 14.7 Å². The van der Waals surface area contributed by atoms with E-state index in [1.807, 2.05) is 60.7 Å². The third-order valence-corrected chi connectivity index (χ3v) is 4.75. The van der Waals surface area contributed by atoms with E-state index in [0.717, 1.165) is 11.1 Å². The van der Waals surface area contributed by atoms with E-state index in [4.69, 9.17) is 0 Å². The van der Waals surface area contributed by atoms with Crippen molar-refractivity contribution in [1.29, 1.82) is 0 Å². The Balaban J connectivity index is 1.91. The van der Waals surface area contributed by atoms with Crippen LogP contribution in [-0.2, 0) is 4.79 Å². The summed E-state index contributed by atoms with van der Waals surface area (Å²) >= 11 is 4.13. The Labute approximate surface area is 169 Å². The number of carbonyl (C=O) groups is 2. The highest BCUT2D eigenvalue weighted by molar-refractivity contribution is 7.80. The summed E-state index contributed by atoms with van der Waals surface area (Å²) in [5.41, 5.74) is 2.36. The molecule has 0 spiro atoms. The lowest BCUT2D eigenvalue weighted by molar-refractivity contribution is -0.139. The average Bonchev–Trinajstić information content (AvgIpc) is 2.74. The molecule has 1 aliphatic rings. The van der Waals surface area contributed by atoms with Crippen LogP contribution in [-0.4, -0.2) is 40.2 Å². The molecular formula is C22H22N2O3S. The van der Waals surface area contributed by atoms with E-state index >= 15 is 0 Å². The third-order valence-electron chi connectivity index (χ3n) is 4.49. The Bertz CT molecular complexity index is 909. The molecule has 0 unspecified atom stereocenters. The molecule has 2 aromatic rings. The maximum Gasteiger partial charge on any atom is 0.326 e. The number of aliphatic carboxylic acids is 1. The molecule has 0 radical (unpaired) electrons. The van der Waals surface area contributed by atoms with Crippen molar-refractivity contribution in [2.75, 3.05) is 12.3 Å². The van der Waals surface area contributed by atoms with Crippen molar-refractivity contribution in [2.45, 2.75) is 12.5 Å². The largest absolute Gasteiger partial charge is 0.480 e. The molecule has 3 rings (SSSR count). The van der Waals surface area contributed by atoms with Crippen LogP contribution in [0.25, 0.3) is 11.1 Å².